The number of pyridine rings is 1. The highest BCUT2D eigenvalue weighted by Crippen LogP contribution is 2.29. The minimum absolute atomic E-state index is 0.0351. The summed E-state index contributed by atoms with van der Waals surface area (Å²) in [7, 11) is 0. The first-order valence-electron chi connectivity index (χ1n) is 9.72. The Labute approximate surface area is 162 Å². The lowest BCUT2D eigenvalue weighted by Crippen LogP contribution is -2.46. The van der Waals surface area contributed by atoms with Gasteiger partial charge in [0.25, 0.3) is 5.91 Å². The van der Waals surface area contributed by atoms with Gasteiger partial charge in [-0.1, -0.05) is 45.9 Å². The van der Waals surface area contributed by atoms with Gasteiger partial charge in [-0.15, -0.1) is 0 Å². The van der Waals surface area contributed by atoms with Gasteiger partial charge in [0.1, 0.15) is 5.82 Å². The molecule has 1 aromatic heterocycles. The second-order valence-corrected chi connectivity index (χ2v) is 8.08. The number of para-hydroxylation sites is 1. The highest BCUT2D eigenvalue weighted by molar-refractivity contribution is 6.04. The van der Waals surface area contributed by atoms with Crippen LogP contribution in [0.15, 0.2) is 42.6 Å². The van der Waals surface area contributed by atoms with Gasteiger partial charge in [0.15, 0.2) is 0 Å². The van der Waals surface area contributed by atoms with E-state index in [2.05, 4.69) is 53.9 Å². The first-order chi connectivity index (χ1) is 12.9. The molecule has 1 fully saturated rings. The molecule has 1 aliphatic heterocycles. The predicted molar refractivity (Wildman–Crippen MR) is 112 cm³/mol. The fraction of sp³-hybridized carbons (Fsp3) is 0.455. The molecule has 0 spiro atoms. The van der Waals surface area contributed by atoms with Gasteiger partial charge in [0.2, 0.25) is 0 Å². The summed E-state index contributed by atoms with van der Waals surface area (Å²) >= 11 is 0. The SMILES string of the molecule is CCN1CCN(c2ccc(C(=O)Nc3ccccc3C(C)(C)C)cn2)CC1. The smallest absolute Gasteiger partial charge is 0.257 e. The number of nitrogens with one attached hydrogen (secondary N) is 1. The number of carbonyl (C=O) groups is 1. The van der Waals surface area contributed by atoms with Gasteiger partial charge in [0.05, 0.1) is 5.56 Å². The zero-order valence-corrected chi connectivity index (χ0v) is 16.8. The molecular formula is C22H30N4O. The topological polar surface area (TPSA) is 48.5 Å². The van der Waals surface area contributed by atoms with E-state index in [1.807, 2.05) is 30.3 Å². The van der Waals surface area contributed by atoms with Crippen LogP contribution in [-0.4, -0.2) is 48.5 Å². The molecule has 1 amide bonds. The fourth-order valence-corrected chi connectivity index (χ4v) is 3.44. The lowest BCUT2D eigenvalue weighted by atomic mass is 9.86. The molecule has 2 heterocycles. The number of amides is 1. The van der Waals surface area contributed by atoms with E-state index in [9.17, 15) is 4.79 Å². The Kier molecular flexibility index (Phi) is 5.80. The summed E-state index contributed by atoms with van der Waals surface area (Å²) in [6, 6.07) is 11.8. The van der Waals surface area contributed by atoms with Gasteiger partial charge in [-0.3, -0.25) is 4.79 Å². The van der Waals surface area contributed by atoms with E-state index in [1.54, 1.807) is 6.20 Å². The first-order valence-corrected chi connectivity index (χ1v) is 9.72. The minimum atomic E-state index is -0.124. The lowest BCUT2D eigenvalue weighted by Gasteiger charge is -2.34. The van der Waals surface area contributed by atoms with Gasteiger partial charge < -0.3 is 15.1 Å². The Morgan fingerprint density at radius 3 is 2.37 bits per heavy atom. The molecule has 27 heavy (non-hydrogen) atoms. The number of benzene rings is 1. The highest BCUT2D eigenvalue weighted by atomic mass is 16.1. The van der Waals surface area contributed by atoms with Crippen molar-refractivity contribution in [2.24, 2.45) is 0 Å². The van der Waals surface area contributed by atoms with E-state index in [4.69, 9.17) is 0 Å². The van der Waals surface area contributed by atoms with Crippen LogP contribution in [0.5, 0.6) is 0 Å². The second-order valence-electron chi connectivity index (χ2n) is 8.08. The standard InChI is InChI=1S/C22H30N4O/c1-5-25-12-14-26(15-13-25)20-11-10-17(16-23-20)21(27)24-19-9-7-6-8-18(19)22(2,3)4/h6-11,16H,5,12-15H2,1-4H3,(H,24,27). The van der Waals surface area contributed by atoms with E-state index in [0.717, 1.165) is 49.8 Å². The summed E-state index contributed by atoms with van der Waals surface area (Å²) in [5, 5.41) is 3.05. The van der Waals surface area contributed by atoms with Crippen molar-refractivity contribution in [3.05, 3.63) is 53.7 Å². The van der Waals surface area contributed by atoms with Gasteiger partial charge in [-0.05, 0) is 35.7 Å². The van der Waals surface area contributed by atoms with Crippen LogP contribution in [0.4, 0.5) is 11.5 Å². The third-order valence-electron chi connectivity index (χ3n) is 5.14. The zero-order chi connectivity index (χ0) is 19.4. The van der Waals surface area contributed by atoms with Crippen LogP contribution < -0.4 is 10.2 Å². The molecule has 3 rings (SSSR count). The minimum Gasteiger partial charge on any atom is -0.354 e. The van der Waals surface area contributed by atoms with Crippen LogP contribution in [0.2, 0.25) is 0 Å². The molecule has 0 saturated carbocycles. The number of rotatable bonds is 4. The van der Waals surface area contributed by atoms with E-state index >= 15 is 0 Å². The molecule has 0 atom stereocenters. The van der Waals surface area contributed by atoms with Crippen molar-refractivity contribution in [1.82, 2.24) is 9.88 Å². The molecule has 144 valence electrons. The third-order valence-corrected chi connectivity index (χ3v) is 5.14. The van der Waals surface area contributed by atoms with Gasteiger partial charge >= 0.3 is 0 Å². The Balaban J connectivity index is 1.69. The monoisotopic (exact) mass is 366 g/mol. The number of nitrogens with zero attached hydrogens (tertiary/aromatic N) is 3. The van der Waals surface area contributed by atoms with Crippen molar-refractivity contribution in [1.29, 1.82) is 0 Å². The van der Waals surface area contributed by atoms with Gasteiger partial charge in [-0.25, -0.2) is 4.98 Å². The molecule has 1 N–H and O–H groups in total. The van der Waals surface area contributed by atoms with E-state index in [-0.39, 0.29) is 11.3 Å². The Bertz CT molecular complexity index is 772. The van der Waals surface area contributed by atoms with Gasteiger partial charge in [-0.2, -0.15) is 0 Å². The number of hydrogen-bond acceptors (Lipinski definition) is 4. The summed E-state index contributed by atoms with van der Waals surface area (Å²) in [5.41, 5.74) is 2.52. The van der Waals surface area contributed by atoms with E-state index < -0.39 is 0 Å². The van der Waals surface area contributed by atoms with E-state index in [1.165, 1.54) is 0 Å². The van der Waals surface area contributed by atoms with Gasteiger partial charge in [0, 0.05) is 38.1 Å². The Morgan fingerprint density at radius 2 is 1.78 bits per heavy atom. The highest BCUT2D eigenvalue weighted by Gasteiger charge is 2.20. The van der Waals surface area contributed by atoms with Crippen molar-refractivity contribution >= 4 is 17.4 Å². The average molecular weight is 367 g/mol. The van der Waals surface area contributed by atoms with Crippen molar-refractivity contribution in [2.45, 2.75) is 33.1 Å². The molecule has 1 saturated heterocycles. The maximum absolute atomic E-state index is 12.7. The number of piperazine rings is 1. The number of carbonyl (C=O) groups excluding carboxylic acids is 1. The number of anilines is 2. The Morgan fingerprint density at radius 1 is 1.07 bits per heavy atom. The molecule has 0 bridgehead atoms. The molecular weight excluding hydrogens is 336 g/mol. The third kappa shape index (κ3) is 4.66. The second kappa shape index (κ2) is 8.09. The summed E-state index contributed by atoms with van der Waals surface area (Å²) in [6.45, 7) is 13.8. The molecule has 5 heteroatoms. The zero-order valence-electron chi connectivity index (χ0n) is 16.8. The normalized spacial score (nSPS) is 15.6. The van der Waals surface area contributed by atoms with Crippen molar-refractivity contribution in [2.75, 3.05) is 42.9 Å². The molecule has 5 nitrogen and oxygen atoms in total. The maximum atomic E-state index is 12.7. The Hall–Kier alpha value is -2.40. The average Bonchev–Trinajstić information content (AvgIpc) is 2.68. The summed E-state index contributed by atoms with van der Waals surface area (Å²) in [5.74, 6) is 0.818. The number of likely N-dealkylation sites (N-methyl/N-ethyl adjacent to an activating group) is 1. The molecule has 2 aromatic rings. The van der Waals surface area contributed by atoms with Crippen molar-refractivity contribution in [3.8, 4) is 0 Å². The van der Waals surface area contributed by atoms with Crippen molar-refractivity contribution in [3.63, 3.8) is 0 Å². The molecule has 0 radical (unpaired) electrons. The van der Waals surface area contributed by atoms with Crippen LogP contribution in [0.3, 0.4) is 0 Å². The first kappa shape index (κ1) is 19.4. The summed E-state index contributed by atoms with van der Waals surface area (Å²) in [6.07, 6.45) is 1.68. The molecule has 0 aliphatic carbocycles. The largest absolute Gasteiger partial charge is 0.354 e. The summed E-state index contributed by atoms with van der Waals surface area (Å²) < 4.78 is 0. The molecule has 1 aromatic carbocycles. The van der Waals surface area contributed by atoms with Crippen LogP contribution in [0.1, 0.15) is 43.6 Å². The quantitative estimate of drug-likeness (QED) is 0.895. The van der Waals surface area contributed by atoms with Crippen LogP contribution in [0.25, 0.3) is 0 Å². The van der Waals surface area contributed by atoms with Crippen molar-refractivity contribution < 1.29 is 4.79 Å². The lowest BCUT2D eigenvalue weighted by molar-refractivity contribution is 0.102. The van der Waals surface area contributed by atoms with Crippen LogP contribution >= 0.6 is 0 Å². The molecule has 1 aliphatic rings. The predicted octanol–water partition coefficient (Wildman–Crippen LogP) is 3.77. The number of aromatic nitrogens is 1. The fourth-order valence-electron chi connectivity index (χ4n) is 3.44. The number of hydrogen-bond donors (Lipinski definition) is 1. The molecule has 0 unspecified atom stereocenters. The summed E-state index contributed by atoms with van der Waals surface area (Å²) in [4.78, 5) is 21.9. The maximum Gasteiger partial charge on any atom is 0.257 e. The van der Waals surface area contributed by atoms with Crippen LogP contribution in [0, 0.1) is 0 Å². The van der Waals surface area contributed by atoms with Crippen LogP contribution in [-0.2, 0) is 5.41 Å². The van der Waals surface area contributed by atoms with E-state index in [0.29, 0.717) is 5.56 Å².